The summed E-state index contributed by atoms with van der Waals surface area (Å²) in [5.41, 5.74) is 1.86. The Morgan fingerprint density at radius 1 is 1.02 bits per heavy atom. The minimum absolute atomic E-state index is 0.0948. The van der Waals surface area contributed by atoms with Crippen LogP contribution in [0, 0.1) is 11.1 Å². The van der Waals surface area contributed by atoms with Crippen LogP contribution in [0.5, 0.6) is 11.5 Å². The lowest BCUT2D eigenvalue weighted by atomic mass is 9.99. The van der Waals surface area contributed by atoms with Crippen molar-refractivity contribution < 1.29 is 33.3 Å². The molecule has 0 saturated carbocycles. The van der Waals surface area contributed by atoms with Gasteiger partial charge >= 0.3 is 11.9 Å². The van der Waals surface area contributed by atoms with Gasteiger partial charge in [0, 0.05) is 35.9 Å². The fourth-order valence-electron chi connectivity index (χ4n) is 5.84. The van der Waals surface area contributed by atoms with Crippen molar-refractivity contribution in [2.24, 2.45) is 5.92 Å². The molecule has 260 valence electrons. The number of piperidine rings is 1. The zero-order valence-electron chi connectivity index (χ0n) is 27.5. The summed E-state index contributed by atoms with van der Waals surface area (Å²) in [5.74, 6) is 0.369. The number of esters is 2. The molecule has 0 amide bonds. The zero-order chi connectivity index (χ0) is 34.9. The third-order valence-corrected chi connectivity index (χ3v) is 10.1. The second-order valence-corrected chi connectivity index (χ2v) is 13.9. The average Bonchev–Trinajstić information content (AvgIpc) is 3.58. The predicted molar refractivity (Wildman–Crippen MR) is 188 cm³/mol. The molecule has 2 unspecified atom stereocenters. The molecule has 1 N–H and O–H groups in total. The predicted octanol–water partition coefficient (Wildman–Crippen LogP) is 6.56. The maximum Gasteiger partial charge on any atom is 0.348 e. The SMILES string of the molecule is COc1ccc(C(Cc2c(Cl)c[n+]([O-])cc2Cl)OC(=O)c2ccc(CNC(C(=O)OC[C@@H]3CCCN(C)C3)c3ccccc3)s2)cc1OC. The van der Waals surface area contributed by atoms with Crippen molar-refractivity contribution in [3.8, 4) is 11.5 Å². The first-order valence-electron chi connectivity index (χ1n) is 15.9. The van der Waals surface area contributed by atoms with E-state index >= 15 is 0 Å². The molecule has 2 aromatic heterocycles. The maximum atomic E-state index is 13.6. The highest BCUT2D eigenvalue weighted by Crippen LogP contribution is 2.36. The van der Waals surface area contributed by atoms with Crippen LogP contribution in [0.15, 0.2) is 73.1 Å². The van der Waals surface area contributed by atoms with E-state index in [1.54, 1.807) is 24.3 Å². The molecule has 5 rings (SSSR count). The van der Waals surface area contributed by atoms with Gasteiger partial charge in [-0.05, 0) is 61.8 Å². The monoisotopic (exact) mass is 727 g/mol. The number of nitrogens with zero attached hydrogens (tertiary/aromatic N) is 2. The molecule has 1 aliphatic heterocycles. The van der Waals surface area contributed by atoms with Gasteiger partial charge in [-0.25, -0.2) is 9.59 Å². The second kappa shape index (κ2) is 17.2. The van der Waals surface area contributed by atoms with Crippen LogP contribution >= 0.6 is 34.5 Å². The van der Waals surface area contributed by atoms with Crippen LogP contribution in [0.1, 0.15) is 56.2 Å². The second-order valence-electron chi connectivity index (χ2n) is 11.9. The van der Waals surface area contributed by atoms with Crippen molar-refractivity contribution in [2.45, 2.75) is 38.0 Å². The quantitative estimate of drug-likeness (QED) is 0.0877. The summed E-state index contributed by atoms with van der Waals surface area (Å²) in [7, 11) is 5.13. The molecule has 4 aromatic rings. The number of aromatic nitrogens is 1. The number of rotatable bonds is 14. The lowest BCUT2D eigenvalue weighted by molar-refractivity contribution is -0.605. The molecule has 13 heteroatoms. The Bertz CT molecular complexity index is 1720. The molecular weight excluding hydrogens is 689 g/mol. The van der Waals surface area contributed by atoms with Crippen LogP contribution in [-0.2, 0) is 27.2 Å². The summed E-state index contributed by atoms with van der Waals surface area (Å²) in [6, 6.07) is 17.5. The Morgan fingerprint density at radius 3 is 2.45 bits per heavy atom. The van der Waals surface area contributed by atoms with E-state index in [0.29, 0.717) is 51.3 Å². The molecule has 3 heterocycles. The fraction of sp³-hybridized carbons (Fsp3) is 0.361. The van der Waals surface area contributed by atoms with Gasteiger partial charge in [0.15, 0.2) is 23.9 Å². The van der Waals surface area contributed by atoms with Gasteiger partial charge < -0.3 is 29.1 Å². The normalized spacial score (nSPS) is 16.1. The summed E-state index contributed by atoms with van der Waals surface area (Å²) in [4.78, 5) is 30.4. The number of pyridine rings is 1. The number of carbonyl (C=O) groups excluding carboxylic acids is 2. The summed E-state index contributed by atoms with van der Waals surface area (Å²) < 4.78 is 23.2. The van der Waals surface area contributed by atoms with Gasteiger partial charge in [0.2, 0.25) is 0 Å². The molecule has 10 nitrogen and oxygen atoms in total. The Balaban J connectivity index is 1.30. The van der Waals surface area contributed by atoms with Crippen molar-refractivity contribution in [1.29, 1.82) is 0 Å². The van der Waals surface area contributed by atoms with Crippen molar-refractivity contribution in [1.82, 2.24) is 10.2 Å². The largest absolute Gasteiger partial charge is 0.619 e. The van der Waals surface area contributed by atoms with E-state index in [4.69, 9.17) is 42.1 Å². The van der Waals surface area contributed by atoms with E-state index in [-0.39, 0.29) is 22.4 Å². The number of halogens is 2. The summed E-state index contributed by atoms with van der Waals surface area (Å²) in [6.45, 7) is 2.66. The summed E-state index contributed by atoms with van der Waals surface area (Å²) in [5, 5.41) is 15.5. The topological polar surface area (TPSA) is 113 Å². The van der Waals surface area contributed by atoms with E-state index in [1.807, 2.05) is 36.4 Å². The van der Waals surface area contributed by atoms with E-state index in [2.05, 4.69) is 17.3 Å². The number of thiophene rings is 1. The highest BCUT2D eigenvalue weighted by atomic mass is 35.5. The minimum atomic E-state index is -0.838. The smallest absolute Gasteiger partial charge is 0.348 e. The van der Waals surface area contributed by atoms with Crippen LogP contribution in [0.2, 0.25) is 10.0 Å². The van der Waals surface area contributed by atoms with Crippen molar-refractivity contribution in [2.75, 3.05) is 41.0 Å². The standard InChI is InChI=1S/C36H39Cl2N3O7S/c1-40-15-7-8-23(19-40)22-47-36(43)34(24-9-5-4-6-10-24)39-18-26-12-14-33(49-26)35(42)48-31(17-27-28(37)20-41(44)21-29(27)38)25-11-13-30(45-2)32(16-25)46-3/h4-6,9-14,16,20-21,23,31,34,39H,7-8,15,17-19,22H2,1-3H3/t23-,31?,34?/m1/s1. The number of hydrogen-bond donors (Lipinski definition) is 1. The number of ether oxygens (including phenoxy) is 4. The zero-order valence-corrected chi connectivity index (χ0v) is 29.9. The Kier molecular flexibility index (Phi) is 12.8. The highest BCUT2D eigenvalue weighted by molar-refractivity contribution is 7.13. The number of methoxy groups -OCH3 is 2. The van der Waals surface area contributed by atoms with E-state index in [1.165, 1.54) is 38.0 Å². The Hall–Kier alpha value is -3.87. The highest BCUT2D eigenvalue weighted by Gasteiger charge is 2.27. The third kappa shape index (κ3) is 9.64. The molecule has 0 bridgehead atoms. The van der Waals surface area contributed by atoms with Crippen molar-refractivity contribution in [3.05, 3.63) is 115 Å². The maximum absolute atomic E-state index is 13.6. The fourth-order valence-corrected chi connectivity index (χ4v) is 7.28. The molecule has 0 spiro atoms. The molecule has 2 aromatic carbocycles. The number of nitrogens with one attached hydrogen (secondary N) is 1. The molecule has 1 aliphatic rings. The van der Waals surface area contributed by atoms with E-state index < -0.39 is 18.1 Å². The van der Waals surface area contributed by atoms with E-state index in [0.717, 1.165) is 36.4 Å². The van der Waals surface area contributed by atoms with Crippen molar-refractivity contribution in [3.63, 3.8) is 0 Å². The van der Waals surface area contributed by atoms with Gasteiger partial charge in [-0.2, -0.15) is 4.73 Å². The number of carbonyl (C=O) groups is 2. The number of hydrogen-bond acceptors (Lipinski definition) is 10. The minimum Gasteiger partial charge on any atom is -0.619 e. The number of likely N-dealkylation sites (tertiary alicyclic amines) is 1. The molecule has 49 heavy (non-hydrogen) atoms. The van der Waals surface area contributed by atoms with Crippen LogP contribution in [0.3, 0.4) is 0 Å². The first kappa shape index (κ1) is 36.4. The van der Waals surface area contributed by atoms with Gasteiger partial charge in [0.1, 0.15) is 27.1 Å². The molecule has 0 aliphatic carbocycles. The first-order chi connectivity index (χ1) is 23.6. The molecular formula is C36H39Cl2N3O7S. The first-order valence-corrected chi connectivity index (χ1v) is 17.4. The van der Waals surface area contributed by atoms with E-state index in [9.17, 15) is 14.8 Å². The van der Waals surface area contributed by atoms with Gasteiger partial charge in [-0.3, -0.25) is 5.32 Å². The van der Waals surface area contributed by atoms with Crippen LogP contribution < -0.4 is 19.5 Å². The summed E-state index contributed by atoms with van der Waals surface area (Å²) in [6.07, 6.45) is 3.77. The van der Waals surface area contributed by atoms with Crippen LogP contribution in [0.4, 0.5) is 0 Å². The average molecular weight is 729 g/mol. The van der Waals surface area contributed by atoms with Gasteiger partial charge in [0.05, 0.1) is 20.8 Å². The van der Waals surface area contributed by atoms with Gasteiger partial charge in [-0.15, -0.1) is 11.3 Å². The van der Waals surface area contributed by atoms with Crippen LogP contribution in [0.25, 0.3) is 0 Å². The lowest BCUT2D eigenvalue weighted by Gasteiger charge is -2.29. The van der Waals surface area contributed by atoms with Crippen LogP contribution in [-0.4, -0.2) is 57.8 Å². The molecule has 0 radical (unpaired) electrons. The number of benzene rings is 2. The third-order valence-electron chi connectivity index (χ3n) is 8.37. The lowest BCUT2D eigenvalue weighted by Crippen LogP contribution is -2.36. The summed E-state index contributed by atoms with van der Waals surface area (Å²) >= 11 is 14.0. The van der Waals surface area contributed by atoms with Gasteiger partial charge in [0.25, 0.3) is 0 Å². The molecule has 1 saturated heterocycles. The Labute approximate surface area is 300 Å². The van der Waals surface area contributed by atoms with Gasteiger partial charge in [-0.1, -0.05) is 59.6 Å². The molecule has 1 fully saturated rings. The molecule has 3 atom stereocenters. The van der Waals surface area contributed by atoms with Crippen molar-refractivity contribution >= 4 is 46.5 Å². The Morgan fingerprint density at radius 2 is 1.76 bits per heavy atom.